The molecule has 138 valence electrons. The van der Waals surface area contributed by atoms with Crippen LogP contribution in [0, 0.1) is 6.92 Å². The van der Waals surface area contributed by atoms with Crippen LogP contribution in [0.15, 0.2) is 48.5 Å². The molecule has 4 heteroatoms. The van der Waals surface area contributed by atoms with Crippen molar-refractivity contribution >= 4 is 5.91 Å². The minimum absolute atomic E-state index is 0.0641. The Bertz CT molecular complexity index is 745. The maximum Gasteiger partial charge on any atom is 0.253 e. The second-order valence-corrected chi connectivity index (χ2v) is 7.26. The molecule has 0 unspecified atom stereocenters. The zero-order valence-corrected chi connectivity index (χ0v) is 15.7. The number of carbonyl (C=O) groups is 1. The second-order valence-electron chi connectivity index (χ2n) is 7.26. The van der Waals surface area contributed by atoms with Gasteiger partial charge in [-0.25, -0.2) is 0 Å². The zero-order valence-electron chi connectivity index (χ0n) is 15.7. The number of likely N-dealkylation sites (tertiary alicyclic amines) is 1. The number of nitrogens with zero attached hydrogens (tertiary/aromatic N) is 2. The van der Waals surface area contributed by atoms with Crippen molar-refractivity contribution in [2.24, 2.45) is 0 Å². The Hall–Kier alpha value is -2.33. The summed E-state index contributed by atoms with van der Waals surface area (Å²) < 4.78 is 0. The number of likely N-dealkylation sites (N-methyl/N-ethyl adjacent to an activating group) is 1. The zero-order chi connectivity index (χ0) is 18.5. The van der Waals surface area contributed by atoms with E-state index in [-0.39, 0.29) is 11.7 Å². The molecule has 1 atom stereocenters. The summed E-state index contributed by atoms with van der Waals surface area (Å²) >= 11 is 0. The van der Waals surface area contributed by atoms with Crippen LogP contribution in [0.3, 0.4) is 0 Å². The molecule has 0 aliphatic carbocycles. The highest BCUT2D eigenvalue weighted by molar-refractivity contribution is 5.94. The Labute approximate surface area is 156 Å². The van der Waals surface area contributed by atoms with E-state index in [4.69, 9.17) is 0 Å². The minimum atomic E-state index is 0.0641. The molecule has 0 bridgehead atoms. The van der Waals surface area contributed by atoms with Crippen LogP contribution in [0.2, 0.25) is 0 Å². The Morgan fingerprint density at radius 3 is 2.73 bits per heavy atom. The summed E-state index contributed by atoms with van der Waals surface area (Å²) in [6.45, 7) is 4.39. The standard InChI is InChI=1S/C22H28N2O2/c1-17-15-19(10-11-21(17)25)22(26)24-13-6-9-20(16-24)23(2)14-12-18-7-4-3-5-8-18/h3-5,7-8,10-11,15,20,25H,6,9,12-14,16H2,1-2H3/t20-/m1/s1. The molecule has 0 spiro atoms. The monoisotopic (exact) mass is 352 g/mol. The molecule has 1 N–H and O–H groups in total. The molecule has 0 aromatic heterocycles. The molecule has 1 heterocycles. The molecule has 1 fully saturated rings. The quantitative estimate of drug-likeness (QED) is 0.896. The fraction of sp³-hybridized carbons (Fsp3) is 0.409. The van der Waals surface area contributed by atoms with Crippen molar-refractivity contribution in [2.75, 3.05) is 26.7 Å². The number of piperidine rings is 1. The molecule has 0 saturated carbocycles. The molecule has 0 radical (unpaired) electrons. The third-order valence-electron chi connectivity index (χ3n) is 5.35. The summed E-state index contributed by atoms with van der Waals surface area (Å²) in [5.74, 6) is 0.299. The molecule has 1 amide bonds. The summed E-state index contributed by atoms with van der Waals surface area (Å²) in [7, 11) is 2.16. The molecular weight excluding hydrogens is 324 g/mol. The number of hydrogen-bond donors (Lipinski definition) is 1. The molecule has 1 aliphatic heterocycles. The van der Waals surface area contributed by atoms with Gasteiger partial charge >= 0.3 is 0 Å². The molecule has 2 aromatic carbocycles. The first kappa shape index (κ1) is 18.5. The van der Waals surface area contributed by atoms with E-state index in [0.29, 0.717) is 11.6 Å². The van der Waals surface area contributed by atoms with Crippen LogP contribution in [0.25, 0.3) is 0 Å². The predicted molar refractivity (Wildman–Crippen MR) is 105 cm³/mol. The first-order chi connectivity index (χ1) is 12.5. The Kier molecular flexibility index (Phi) is 5.94. The van der Waals surface area contributed by atoms with Crippen LogP contribution in [-0.4, -0.2) is 53.5 Å². The normalized spacial score (nSPS) is 17.5. The van der Waals surface area contributed by atoms with Crippen molar-refractivity contribution in [1.29, 1.82) is 0 Å². The number of aromatic hydroxyl groups is 1. The number of phenols is 1. The first-order valence-electron chi connectivity index (χ1n) is 9.37. The number of amides is 1. The van der Waals surface area contributed by atoms with Gasteiger partial charge in [-0.2, -0.15) is 0 Å². The number of benzene rings is 2. The third kappa shape index (κ3) is 4.44. The van der Waals surface area contributed by atoms with Gasteiger partial charge in [-0.15, -0.1) is 0 Å². The largest absolute Gasteiger partial charge is 0.508 e. The summed E-state index contributed by atoms with van der Waals surface area (Å²) in [6.07, 6.45) is 3.19. The molecule has 2 aromatic rings. The molecule has 26 heavy (non-hydrogen) atoms. The van der Waals surface area contributed by atoms with E-state index in [1.165, 1.54) is 5.56 Å². The molecular formula is C22H28N2O2. The van der Waals surface area contributed by atoms with Gasteiger partial charge in [0.05, 0.1) is 0 Å². The van der Waals surface area contributed by atoms with E-state index in [0.717, 1.165) is 44.5 Å². The van der Waals surface area contributed by atoms with E-state index in [9.17, 15) is 9.90 Å². The van der Waals surface area contributed by atoms with Gasteiger partial charge in [-0.1, -0.05) is 30.3 Å². The maximum atomic E-state index is 12.8. The van der Waals surface area contributed by atoms with Crippen molar-refractivity contribution in [3.63, 3.8) is 0 Å². The smallest absolute Gasteiger partial charge is 0.253 e. The van der Waals surface area contributed by atoms with Gasteiger partial charge in [0.15, 0.2) is 0 Å². The molecule has 3 rings (SSSR count). The van der Waals surface area contributed by atoms with Crippen molar-refractivity contribution in [2.45, 2.75) is 32.2 Å². The van der Waals surface area contributed by atoms with Crippen LogP contribution in [-0.2, 0) is 6.42 Å². The lowest BCUT2D eigenvalue weighted by molar-refractivity contribution is 0.0611. The highest BCUT2D eigenvalue weighted by Crippen LogP contribution is 2.21. The van der Waals surface area contributed by atoms with Gasteiger partial charge in [-0.3, -0.25) is 4.79 Å². The maximum absolute atomic E-state index is 12.8. The Morgan fingerprint density at radius 1 is 1.23 bits per heavy atom. The predicted octanol–water partition coefficient (Wildman–Crippen LogP) is 3.48. The lowest BCUT2D eigenvalue weighted by Crippen LogP contribution is -2.49. The van der Waals surface area contributed by atoms with Crippen LogP contribution in [0.5, 0.6) is 5.75 Å². The fourth-order valence-electron chi connectivity index (χ4n) is 3.60. The number of phenolic OH excluding ortho intramolecular Hbond substituents is 1. The van der Waals surface area contributed by atoms with Crippen LogP contribution in [0.4, 0.5) is 0 Å². The van der Waals surface area contributed by atoms with E-state index < -0.39 is 0 Å². The number of hydrogen-bond acceptors (Lipinski definition) is 3. The van der Waals surface area contributed by atoms with E-state index >= 15 is 0 Å². The summed E-state index contributed by atoms with van der Waals surface area (Å²) in [6, 6.07) is 16.0. The summed E-state index contributed by atoms with van der Waals surface area (Å²) in [5.41, 5.74) is 2.75. The average molecular weight is 352 g/mol. The lowest BCUT2D eigenvalue weighted by atomic mass is 10.0. The van der Waals surface area contributed by atoms with Gasteiger partial charge in [0.2, 0.25) is 0 Å². The van der Waals surface area contributed by atoms with Crippen LogP contribution in [0.1, 0.15) is 34.3 Å². The van der Waals surface area contributed by atoms with Gasteiger partial charge in [0, 0.05) is 31.2 Å². The van der Waals surface area contributed by atoms with Crippen molar-refractivity contribution in [3.05, 3.63) is 65.2 Å². The molecule has 1 aliphatic rings. The second kappa shape index (κ2) is 8.37. The Morgan fingerprint density at radius 2 is 2.00 bits per heavy atom. The van der Waals surface area contributed by atoms with E-state index in [2.05, 4.69) is 36.2 Å². The van der Waals surface area contributed by atoms with Crippen molar-refractivity contribution in [1.82, 2.24) is 9.80 Å². The number of carbonyl (C=O) groups excluding carboxylic acids is 1. The van der Waals surface area contributed by atoms with Gasteiger partial charge in [0.1, 0.15) is 5.75 Å². The highest BCUT2D eigenvalue weighted by atomic mass is 16.3. The molecule has 4 nitrogen and oxygen atoms in total. The first-order valence-corrected chi connectivity index (χ1v) is 9.37. The van der Waals surface area contributed by atoms with Crippen LogP contribution >= 0.6 is 0 Å². The van der Waals surface area contributed by atoms with E-state index in [1.807, 2.05) is 17.9 Å². The van der Waals surface area contributed by atoms with Crippen molar-refractivity contribution < 1.29 is 9.90 Å². The third-order valence-corrected chi connectivity index (χ3v) is 5.35. The van der Waals surface area contributed by atoms with Gasteiger partial charge in [0.25, 0.3) is 5.91 Å². The SMILES string of the molecule is Cc1cc(C(=O)N2CCC[C@@H](N(C)CCc3ccccc3)C2)ccc1O. The van der Waals surface area contributed by atoms with E-state index in [1.54, 1.807) is 18.2 Å². The van der Waals surface area contributed by atoms with Gasteiger partial charge < -0.3 is 14.9 Å². The fourth-order valence-corrected chi connectivity index (χ4v) is 3.60. The summed E-state index contributed by atoms with van der Waals surface area (Å²) in [5, 5.41) is 9.67. The average Bonchev–Trinajstić information content (AvgIpc) is 2.68. The molecule has 1 saturated heterocycles. The number of rotatable bonds is 5. The summed E-state index contributed by atoms with van der Waals surface area (Å²) in [4.78, 5) is 17.2. The topological polar surface area (TPSA) is 43.8 Å². The Balaban J connectivity index is 1.59. The van der Waals surface area contributed by atoms with Gasteiger partial charge in [-0.05, 0) is 62.6 Å². The minimum Gasteiger partial charge on any atom is -0.508 e. The van der Waals surface area contributed by atoms with Crippen molar-refractivity contribution in [3.8, 4) is 5.75 Å². The highest BCUT2D eigenvalue weighted by Gasteiger charge is 2.26. The lowest BCUT2D eigenvalue weighted by Gasteiger charge is -2.37. The van der Waals surface area contributed by atoms with Crippen LogP contribution < -0.4 is 0 Å². The number of aryl methyl sites for hydroxylation is 1.